The van der Waals surface area contributed by atoms with Crippen LogP contribution >= 0.6 is 0 Å². The first-order valence-corrected chi connectivity index (χ1v) is 33.2. The zero-order valence-corrected chi connectivity index (χ0v) is 51.0. The first-order chi connectivity index (χ1) is 36.6. The SMILES string of the molecule is CCCCCCCCCc1cc(CC(C)CC(CC(CCC)Cc2cc(CCCCCCCCC)cc(CC(O)CCCCCCC)c2)c2[c]cccc2CCCCCC(C)C)cc(CC(O)CCCCCCC)c1. The van der Waals surface area contributed by atoms with E-state index in [2.05, 4.69) is 116 Å². The first kappa shape index (κ1) is 66.9. The Kier molecular flexibility index (Phi) is 38.7. The molecule has 0 aromatic heterocycles. The molecule has 1 radical (unpaired) electrons. The van der Waals surface area contributed by atoms with E-state index in [0.29, 0.717) is 17.8 Å². The summed E-state index contributed by atoms with van der Waals surface area (Å²) >= 11 is 0. The molecule has 0 aliphatic rings. The van der Waals surface area contributed by atoms with Crippen molar-refractivity contribution in [2.45, 2.75) is 337 Å². The summed E-state index contributed by atoms with van der Waals surface area (Å²) in [6, 6.07) is 25.9. The van der Waals surface area contributed by atoms with Crippen LogP contribution in [0.15, 0.2) is 54.6 Å². The Hall–Kier alpha value is -2.42. The average Bonchev–Trinajstić information content (AvgIpc) is 3.37. The molecule has 0 saturated heterocycles. The van der Waals surface area contributed by atoms with Gasteiger partial charge in [0.1, 0.15) is 0 Å². The normalized spacial score (nSPS) is 13.9. The van der Waals surface area contributed by atoms with Gasteiger partial charge in [0.25, 0.3) is 0 Å². The number of aliphatic hydroxyl groups is 2. The van der Waals surface area contributed by atoms with Crippen LogP contribution in [0.4, 0.5) is 0 Å². The third kappa shape index (κ3) is 32.3. The Bertz CT molecular complexity index is 1790. The topological polar surface area (TPSA) is 40.5 Å². The lowest BCUT2D eigenvalue weighted by Gasteiger charge is -2.28. The predicted molar refractivity (Wildman–Crippen MR) is 332 cm³/mol. The lowest BCUT2D eigenvalue weighted by atomic mass is 9.76. The maximum absolute atomic E-state index is 11.4. The molecule has 0 saturated carbocycles. The van der Waals surface area contributed by atoms with Gasteiger partial charge in [0.15, 0.2) is 0 Å². The summed E-state index contributed by atoms with van der Waals surface area (Å²) in [4.78, 5) is 0. The van der Waals surface area contributed by atoms with E-state index in [0.717, 1.165) is 76.5 Å². The number of unbranched alkanes of at least 4 members (excludes halogenated alkanes) is 22. The minimum atomic E-state index is -0.259. The molecule has 0 aliphatic heterocycles. The molecular weight excluding hydrogens is 909 g/mol. The quantitative estimate of drug-likeness (QED) is 0.0553. The van der Waals surface area contributed by atoms with Crippen LogP contribution in [0.5, 0.6) is 0 Å². The van der Waals surface area contributed by atoms with Crippen molar-refractivity contribution in [3.05, 3.63) is 105 Å². The van der Waals surface area contributed by atoms with Gasteiger partial charge in [-0.25, -0.2) is 0 Å². The molecule has 2 nitrogen and oxygen atoms in total. The van der Waals surface area contributed by atoms with E-state index in [-0.39, 0.29) is 12.2 Å². The number of aliphatic hydroxyl groups excluding tert-OH is 2. The van der Waals surface area contributed by atoms with Crippen molar-refractivity contribution in [1.29, 1.82) is 0 Å². The van der Waals surface area contributed by atoms with Gasteiger partial charge in [-0.05, 0) is 164 Å². The summed E-state index contributed by atoms with van der Waals surface area (Å²) in [5, 5.41) is 22.7. The summed E-state index contributed by atoms with van der Waals surface area (Å²) in [5.74, 6) is 2.34. The van der Waals surface area contributed by atoms with Gasteiger partial charge in [-0.3, -0.25) is 0 Å². The summed E-state index contributed by atoms with van der Waals surface area (Å²) in [6.07, 6.45) is 49.8. The maximum Gasteiger partial charge on any atom is 0.0580 e. The Morgan fingerprint density at radius 2 is 0.787 bits per heavy atom. The van der Waals surface area contributed by atoms with E-state index < -0.39 is 0 Å². The van der Waals surface area contributed by atoms with Gasteiger partial charge >= 0.3 is 0 Å². The largest absolute Gasteiger partial charge is 0.393 e. The molecule has 3 aromatic carbocycles. The zero-order chi connectivity index (χ0) is 54.1. The molecule has 0 fully saturated rings. The molecule has 3 rings (SSSR count). The molecule has 0 amide bonds. The fraction of sp³-hybridized carbons (Fsp3) is 0.753. The lowest BCUT2D eigenvalue weighted by Crippen LogP contribution is -2.17. The van der Waals surface area contributed by atoms with Crippen molar-refractivity contribution in [2.24, 2.45) is 17.8 Å². The van der Waals surface area contributed by atoms with Gasteiger partial charge in [0.05, 0.1) is 12.2 Å². The van der Waals surface area contributed by atoms with E-state index in [1.807, 2.05) is 0 Å². The zero-order valence-electron chi connectivity index (χ0n) is 51.0. The minimum Gasteiger partial charge on any atom is -0.393 e. The minimum absolute atomic E-state index is 0.259. The molecule has 0 aliphatic carbocycles. The number of hydrogen-bond acceptors (Lipinski definition) is 2. The van der Waals surface area contributed by atoms with E-state index in [1.165, 1.54) is 232 Å². The van der Waals surface area contributed by atoms with E-state index in [9.17, 15) is 10.2 Å². The van der Waals surface area contributed by atoms with Crippen LogP contribution in [0.1, 0.15) is 324 Å². The molecule has 427 valence electrons. The Balaban J connectivity index is 1.94. The van der Waals surface area contributed by atoms with Gasteiger partial charge in [-0.1, -0.05) is 283 Å². The second-order valence-electron chi connectivity index (χ2n) is 25.1. The Morgan fingerprint density at radius 3 is 1.27 bits per heavy atom. The summed E-state index contributed by atoms with van der Waals surface area (Å²) in [5.41, 5.74) is 11.7. The van der Waals surface area contributed by atoms with Crippen LogP contribution in [0.3, 0.4) is 0 Å². The van der Waals surface area contributed by atoms with E-state index in [4.69, 9.17) is 0 Å². The third-order valence-corrected chi connectivity index (χ3v) is 16.8. The van der Waals surface area contributed by atoms with Crippen molar-refractivity contribution in [3.63, 3.8) is 0 Å². The molecule has 0 heterocycles. The van der Waals surface area contributed by atoms with Crippen molar-refractivity contribution in [2.75, 3.05) is 0 Å². The highest BCUT2D eigenvalue weighted by Crippen LogP contribution is 2.37. The highest BCUT2D eigenvalue weighted by atomic mass is 16.3. The van der Waals surface area contributed by atoms with Crippen LogP contribution in [-0.2, 0) is 44.9 Å². The van der Waals surface area contributed by atoms with Gasteiger partial charge in [0, 0.05) is 0 Å². The molecule has 2 heteroatoms. The molecule has 5 unspecified atom stereocenters. The lowest BCUT2D eigenvalue weighted by molar-refractivity contribution is 0.160. The van der Waals surface area contributed by atoms with E-state index >= 15 is 0 Å². The standard InChI is InChI=1S/C73H123O2/c1-9-14-18-22-24-28-32-41-63-51-65(55-67(53-63)58-71(74)45-35-26-20-16-11-3)48-61(8)49-70(73-47-38-37-44-69(73)43-34-30-31-40-60(6)7)57-62(39-13-5)50-66-52-64(42-33-29-25-23-19-15-10-2)54-68(56-66)59-72(75)46-36-27-21-17-12-4/h37-38,44,51-56,60-62,70-72,74-75H,9-36,39-43,45-46,48-50,57-59H2,1-8H3. The summed E-state index contributed by atoms with van der Waals surface area (Å²) in [7, 11) is 0. The number of hydrogen-bond donors (Lipinski definition) is 2. The number of benzene rings is 3. The molecule has 3 aromatic rings. The molecule has 5 atom stereocenters. The molecule has 0 spiro atoms. The van der Waals surface area contributed by atoms with Crippen LogP contribution in [-0.4, -0.2) is 22.4 Å². The second-order valence-corrected chi connectivity index (χ2v) is 25.1. The van der Waals surface area contributed by atoms with Crippen LogP contribution in [0.2, 0.25) is 0 Å². The predicted octanol–water partition coefficient (Wildman–Crippen LogP) is 21.8. The highest BCUT2D eigenvalue weighted by molar-refractivity contribution is 5.34. The molecule has 2 N–H and O–H groups in total. The molecular formula is C73H123O2. The monoisotopic (exact) mass is 1030 g/mol. The fourth-order valence-corrected chi connectivity index (χ4v) is 12.6. The van der Waals surface area contributed by atoms with Crippen molar-refractivity contribution >= 4 is 0 Å². The third-order valence-electron chi connectivity index (χ3n) is 16.8. The van der Waals surface area contributed by atoms with Crippen molar-refractivity contribution in [1.82, 2.24) is 0 Å². The van der Waals surface area contributed by atoms with Crippen LogP contribution in [0.25, 0.3) is 0 Å². The first-order valence-electron chi connectivity index (χ1n) is 33.2. The average molecular weight is 1030 g/mol. The Morgan fingerprint density at radius 1 is 0.387 bits per heavy atom. The van der Waals surface area contributed by atoms with Crippen molar-refractivity contribution in [3.8, 4) is 0 Å². The van der Waals surface area contributed by atoms with Crippen LogP contribution < -0.4 is 0 Å². The van der Waals surface area contributed by atoms with Crippen molar-refractivity contribution < 1.29 is 10.2 Å². The van der Waals surface area contributed by atoms with Gasteiger partial charge in [-0.2, -0.15) is 0 Å². The van der Waals surface area contributed by atoms with Gasteiger partial charge in [0.2, 0.25) is 0 Å². The highest BCUT2D eigenvalue weighted by Gasteiger charge is 2.24. The molecule has 75 heavy (non-hydrogen) atoms. The number of rotatable bonds is 49. The number of aryl methyl sites for hydroxylation is 3. The molecule has 0 bridgehead atoms. The summed E-state index contributed by atoms with van der Waals surface area (Å²) in [6.45, 7) is 18.9. The maximum atomic E-state index is 11.4. The Labute approximate surface area is 467 Å². The van der Waals surface area contributed by atoms with Crippen LogP contribution in [0, 0.1) is 23.8 Å². The smallest absolute Gasteiger partial charge is 0.0580 e. The van der Waals surface area contributed by atoms with Gasteiger partial charge in [-0.15, -0.1) is 0 Å². The van der Waals surface area contributed by atoms with Gasteiger partial charge < -0.3 is 10.2 Å². The fourth-order valence-electron chi connectivity index (χ4n) is 12.6. The van der Waals surface area contributed by atoms with E-state index in [1.54, 1.807) is 5.56 Å². The summed E-state index contributed by atoms with van der Waals surface area (Å²) < 4.78 is 0. The second kappa shape index (κ2) is 43.5.